The third-order valence-electron chi connectivity index (χ3n) is 3.87. The summed E-state index contributed by atoms with van der Waals surface area (Å²) in [5, 5.41) is 3.38. The zero-order valence-electron chi connectivity index (χ0n) is 14.5. The molecule has 1 aromatic carbocycles. The van der Waals surface area contributed by atoms with Crippen molar-refractivity contribution in [1.82, 2.24) is 14.8 Å². The molecule has 4 nitrogen and oxygen atoms in total. The Morgan fingerprint density at radius 1 is 1.17 bits per heavy atom. The van der Waals surface area contributed by atoms with E-state index in [-0.39, 0.29) is 0 Å². The minimum atomic E-state index is 0.842. The minimum Gasteiger partial charge on any atom is -0.357 e. The first kappa shape index (κ1) is 17.1. The number of nitrogens with zero attached hydrogens (tertiary/aromatic N) is 3. The molecule has 2 aromatic rings. The first-order chi connectivity index (χ1) is 11.2. The van der Waals surface area contributed by atoms with Gasteiger partial charge in [0, 0.05) is 39.1 Å². The quantitative estimate of drug-likeness (QED) is 0.484. The molecule has 0 aliphatic heterocycles. The van der Waals surface area contributed by atoms with Gasteiger partial charge in [-0.2, -0.15) is 0 Å². The summed E-state index contributed by atoms with van der Waals surface area (Å²) in [5.41, 5.74) is 2.66. The Bertz CT molecular complexity index is 601. The van der Waals surface area contributed by atoms with Gasteiger partial charge in [0.1, 0.15) is 0 Å². The second-order valence-corrected chi connectivity index (χ2v) is 5.79. The van der Waals surface area contributed by atoms with E-state index in [9.17, 15) is 0 Å². The zero-order chi connectivity index (χ0) is 16.5. The van der Waals surface area contributed by atoms with Gasteiger partial charge in [-0.15, -0.1) is 0 Å². The average Bonchev–Trinajstić information content (AvgIpc) is 2.96. The van der Waals surface area contributed by atoms with Crippen molar-refractivity contribution in [2.24, 2.45) is 12.0 Å². The van der Waals surface area contributed by atoms with Crippen LogP contribution in [-0.2, 0) is 20.0 Å². The van der Waals surface area contributed by atoms with Crippen LogP contribution in [0.2, 0.25) is 0 Å². The van der Waals surface area contributed by atoms with Crippen LogP contribution in [0.3, 0.4) is 0 Å². The number of rotatable bonds is 7. The molecule has 0 spiro atoms. The van der Waals surface area contributed by atoms with Crippen molar-refractivity contribution < 1.29 is 0 Å². The van der Waals surface area contributed by atoms with Gasteiger partial charge in [0.05, 0.1) is 6.54 Å². The first-order valence-electron chi connectivity index (χ1n) is 8.34. The number of hydrogen-bond acceptors (Lipinski definition) is 1. The fraction of sp³-hybridized carbons (Fsp3) is 0.421. The van der Waals surface area contributed by atoms with Crippen LogP contribution in [0.15, 0.2) is 53.7 Å². The largest absolute Gasteiger partial charge is 0.357 e. The van der Waals surface area contributed by atoms with Gasteiger partial charge in [-0.3, -0.25) is 4.99 Å². The highest BCUT2D eigenvalue weighted by atomic mass is 15.3. The Balaban J connectivity index is 1.87. The molecule has 1 aromatic heterocycles. The molecule has 1 heterocycles. The van der Waals surface area contributed by atoms with Gasteiger partial charge in [0.25, 0.3) is 0 Å². The van der Waals surface area contributed by atoms with Gasteiger partial charge < -0.3 is 14.8 Å². The standard InChI is InChI=1S/C19H28N4/c1-4-20-19(23(3)16-18-13-9-15-22(18)2)21-14-8-12-17-10-6-5-7-11-17/h5-7,9-11,13,15H,4,8,12,14,16H2,1-3H3,(H,20,21). The molecule has 0 unspecified atom stereocenters. The van der Waals surface area contributed by atoms with Crippen LogP contribution in [0.1, 0.15) is 24.6 Å². The molecule has 0 radical (unpaired) electrons. The van der Waals surface area contributed by atoms with Gasteiger partial charge in [-0.25, -0.2) is 0 Å². The maximum Gasteiger partial charge on any atom is 0.194 e. The molecule has 0 aliphatic carbocycles. The van der Waals surface area contributed by atoms with Crippen LogP contribution in [-0.4, -0.2) is 35.6 Å². The van der Waals surface area contributed by atoms with E-state index in [0.717, 1.165) is 38.4 Å². The Labute approximate surface area is 139 Å². The number of benzene rings is 1. The van der Waals surface area contributed by atoms with Gasteiger partial charge in [0.15, 0.2) is 5.96 Å². The highest BCUT2D eigenvalue weighted by Gasteiger charge is 2.07. The Hall–Kier alpha value is -2.23. The monoisotopic (exact) mass is 312 g/mol. The molecule has 0 aliphatic rings. The molecule has 0 bridgehead atoms. The Morgan fingerprint density at radius 3 is 2.61 bits per heavy atom. The molecular weight excluding hydrogens is 284 g/mol. The fourth-order valence-corrected chi connectivity index (χ4v) is 2.56. The second kappa shape index (κ2) is 9.03. The molecule has 23 heavy (non-hydrogen) atoms. The zero-order valence-corrected chi connectivity index (χ0v) is 14.5. The van der Waals surface area contributed by atoms with Crippen molar-refractivity contribution in [1.29, 1.82) is 0 Å². The number of aryl methyl sites for hydroxylation is 2. The number of aliphatic imine (C=N–C) groups is 1. The lowest BCUT2D eigenvalue weighted by atomic mass is 10.1. The molecule has 124 valence electrons. The number of guanidine groups is 1. The highest BCUT2D eigenvalue weighted by Crippen LogP contribution is 2.05. The number of hydrogen-bond donors (Lipinski definition) is 1. The van der Waals surface area contributed by atoms with Crippen LogP contribution >= 0.6 is 0 Å². The Morgan fingerprint density at radius 2 is 1.96 bits per heavy atom. The lowest BCUT2D eigenvalue weighted by Crippen LogP contribution is -2.38. The number of nitrogens with one attached hydrogen (secondary N) is 1. The molecule has 4 heteroatoms. The molecular formula is C19H28N4. The summed E-state index contributed by atoms with van der Waals surface area (Å²) in [7, 11) is 4.17. The van der Waals surface area contributed by atoms with Gasteiger partial charge in [0.2, 0.25) is 0 Å². The SMILES string of the molecule is CCNC(=NCCCc1ccccc1)N(C)Cc1cccn1C. The molecule has 0 fully saturated rings. The van der Waals surface area contributed by atoms with Crippen molar-refractivity contribution in [3.05, 3.63) is 59.9 Å². The topological polar surface area (TPSA) is 32.6 Å². The van der Waals surface area contributed by atoms with E-state index in [1.807, 2.05) is 0 Å². The van der Waals surface area contributed by atoms with E-state index in [2.05, 4.69) is 84.5 Å². The van der Waals surface area contributed by atoms with E-state index >= 15 is 0 Å². The molecule has 0 saturated heterocycles. The third kappa shape index (κ3) is 5.47. The van der Waals surface area contributed by atoms with Crippen molar-refractivity contribution in [3.63, 3.8) is 0 Å². The van der Waals surface area contributed by atoms with Crippen LogP contribution in [0.4, 0.5) is 0 Å². The maximum atomic E-state index is 4.76. The van der Waals surface area contributed by atoms with Crippen LogP contribution in [0.25, 0.3) is 0 Å². The van der Waals surface area contributed by atoms with Crippen LogP contribution in [0.5, 0.6) is 0 Å². The van der Waals surface area contributed by atoms with Gasteiger partial charge >= 0.3 is 0 Å². The fourth-order valence-electron chi connectivity index (χ4n) is 2.56. The lowest BCUT2D eigenvalue weighted by Gasteiger charge is -2.22. The van der Waals surface area contributed by atoms with E-state index in [4.69, 9.17) is 4.99 Å². The van der Waals surface area contributed by atoms with Crippen molar-refractivity contribution >= 4 is 5.96 Å². The lowest BCUT2D eigenvalue weighted by molar-refractivity contribution is 0.461. The summed E-state index contributed by atoms with van der Waals surface area (Å²) in [4.78, 5) is 6.94. The molecule has 0 saturated carbocycles. The molecule has 1 N–H and O–H groups in total. The van der Waals surface area contributed by atoms with Crippen molar-refractivity contribution in [3.8, 4) is 0 Å². The summed E-state index contributed by atoms with van der Waals surface area (Å²) in [6.07, 6.45) is 4.22. The van der Waals surface area contributed by atoms with E-state index in [0.29, 0.717) is 0 Å². The van der Waals surface area contributed by atoms with Crippen molar-refractivity contribution in [2.75, 3.05) is 20.1 Å². The summed E-state index contributed by atoms with van der Waals surface area (Å²) in [6, 6.07) is 14.8. The normalized spacial score (nSPS) is 11.5. The first-order valence-corrected chi connectivity index (χ1v) is 8.34. The highest BCUT2D eigenvalue weighted by molar-refractivity contribution is 5.79. The smallest absolute Gasteiger partial charge is 0.194 e. The summed E-state index contributed by atoms with van der Waals surface area (Å²) >= 11 is 0. The molecule has 2 rings (SSSR count). The average molecular weight is 312 g/mol. The predicted octanol–water partition coefficient (Wildman–Crippen LogP) is 3.06. The summed E-state index contributed by atoms with van der Waals surface area (Å²) in [6.45, 7) is 4.69. The third-order valence-corrected chi connectivity index (χ3v) is 3.87. The van der Waals surface area contributed by atoms with E-state index < -0.39 is 0 Å². The summed E-state index contributed by atoms with van der Waals surface area (Å²) in [5.74, 6) is 0.974. The predicted molar refractivity (Wildman–Crippen MR) is 97.6 cm³/mol. The van der Waals surface area contributed by atoms with Crippen LogP contribution in [0, 0.1) is 0 Å². The molecule has 0 amide bonds. The number of aromatic nitrogens is 1. The van der Waals surface area contributed by atoms with E-state index in [1.54, 1.807) is 0 Å². The van der Waals surface area contributed by atoms with Crippen LogP contribution < -0.4 is 5.32 Å². The minimum absolute atomic E-state index is 0.842. The van der Waals surface area contributed by atoms with E-state index in [1.165, 1.54) is 11.3 Å². The Kier molecular flexibility index (Phi) is 6.73. The van der Waals surface area contributed by atoms with Gasteiger partial charge in [-0.1, -0.05) is 30.3 Å². The van der Waals surface area contributed by atoms with Crippen molar-refractivity contribution in [2.45, 2.75) is 26.3 Å². The summed E-state index contributed by atoms with van der Waals surface area (Å²) < 4.78 is 2.15. The maximum absolute atomic E-state index is 4.76. The van der Waals surface area contributed by atoms with Gasteiger partial charge in [-0.05, 0) is 37.5 Å². The second-order valence-electron chi connectivity index (χ2n) is 5.79. The molecule has 0 atom stereocenters.